The third-order valence-electron chi connectivity index (χ3n) is 4.78. The SMILES string of the molecule is CCn1cnc2c1CCN(Cc1nnc(C(=O)Nc3ccc(OC)cc3)s1)C2. The summed E-state index contributed by atoms with van der Waals surface area (Å²) in [6.07, 6.45) is 2.90. The Morgan fingerprint density at radius 3 is 2.86 bits per heavy atom. The number of anilines is 1. The fourth-order valence-electron chi connectivity index (χ4n) is 3.29. The van der Waals surface area contributed by atoms with Crippen LogP contribution in [0, 0.1) is 0 Å². The van der Waals surface area contributed by atoms with Gasteiger partial charge in [-0.15, -0.1) is 10.2 Å². The lowest BCUT2D eigenvalue weighted by atomic mass is 10.1. The van der Waals surface area contributed by atoms with Crippen LogP contribution >= 0.6 is 11.3 Å². The van der Waals surface area contributed by atoms with E-state index in [4.69, 9.17) is 4.74 Å². The van der Waals surface area contributed by atoms with E-state index in [9.17, 15) is 4.79 Å². The van der Waals surface area contributed by atoms with Gasteiger partial charge in [-0.3, -0.25) is 9.69 Å². The molecule has 0 radical (unpaired) electrons. The fraction of sp³-hybridized carbons (Fsp3) is 0.368. The number of rotatable bonds is 6. The van der Waals surface area contributed by atoms with E-state index in [1.54, 1.807) is 31.4 Å². The predicted molar refractivity (Wildman–Crippen MR) is 107 cm³/mol. The van der Waals surface area contributed by atoms with Crippen molar-refractivity contribution >= 4 is 22.9 Å². The average molecular weight is 398 g/mol. The number of imidazole rings is 1. The second-order valence-corrected chi connectivity index (χ2v) is 7.63. The number of amides is 1. The Labute approximate surface area is 167 Å². The van der Waals surface area contributed by atoms with Gasteiger partial charge in [-0.05, 0) is 31.2 Å². The smallest absolute Gasteiger partial charge is 0.286 e. The third-order valence-corrected chi connectivity index (χ3v) is 5.69. The van der Waals surface area contributed by atoms with Crippen molar-refractivity contribution in [1.29, 1.82) is 0 Å². The number of aromatic nitrogens is 4. The monoisotopic (exact) mass is 398 g/mol. The molecule has 0 atom stereocenters. The molecule has 1 aliphatic rings. The minimum absolute atomic E-state index is 0.253. The molecule has 28 heavy (non-hydrogen) atoms. The second kappa shape index (κ2) is 8.07. The summed E-state index contributed by atoms with van der Waals surface area (Å²) in [5, 5.41) is 12.3. The number of fused-ring (bicyclic) bond motifs is 1. The van der Waals surface area contributed by atoms with Crippen molar-refractivity contribution in [2.75, 3.05) is 19.0 Å². The van der Waals surface area contributed by atoms with E-state index >= 15 is 0 Å². The first-order valence-electron chi connectivity index (χ1n) is 9.19. The van der Waals surface area contributed by atoms with E-state index in [0.717, 1.165) is 42.5 Å². The average Bonchev–Trinajstić information content (AvgIpc) is 3.35. The maximum absolute atomic E-state index is 12.4. The van der Waals surface area contributed by atoms with Crippen LogP contribution in [0.3, 0.4) is 0 Å². The van der Waals surface area contributed by atoms with Gasteiger partial charge in [0.1, 0.15) is 10.8 Å². The molecule has 1 N–H and O–H groups in total. The fourth-order valence-corrected chi connectivity index (χ4v) is 4.07. The van der Waals surface area contributed by atoms with Crippen LogP contribution < -0.4 is 10.1 Å². The number of nitrogens with zero attached hydrogens (tertiary/aromatic N) is 5. The number of carbonyl (C=O) groups is 1. The molecule has 146 valence electrons. The lowest BCUT2D eigenvalue weighted by Gasteiger charge is -2.25. The number of aryl methyl sites for hydroxylation is 1. The Kier molecular flexibility index (Phi) is 5.36. The first-order chi connectivity index (χ1) is 13.7. The molecule has 0 aliphatic carbocycles. The molecule has 3 heterocycles. The van der Waals surface area contributed by atoms with Gasteiger partial charge in [-0.1, -0.05) is 11.3 Å². The molecule has 2 aromatic heterocycles. The minimum Gasteiger partial charge on any atom is -0.497 e. The highest BCUT2D eigenvalue weighted by Crippen LogP contribution is 2.22. The van der Waals surface area contributed by atoms with Crippen molar-refractivity contribution in [3.8, 4) is 5.75 Å². The van der Waals surface area contributed by atoms with E-state index in [-0.39, 0.29) is 5.91 Å². The van der Waals surface area contributed by atoms with Gasteiger partial charge in [0.15, 0.2) is 0 Å². The predicted octanol–water partition coefficient (Wildman–Crippen LogP) is 2.57. The van der Waals surface area contributed by atoms with Crippen molar-refractivity contribution < 1.29 is 9.53 Å². The summed E-state index contributed by atoms with van der Waals surface area (Å²) in [7, 11) is 1.61. The molecule has 0 fully saturated rings. The Morgan fingerprint density at radius 2 is 2.11 bits per heavy atom. The van der Waals surface area contributed by atoms with Crippen LogP contribution in [0.1, 0.15) is 33.1 Å². The van der Waals surface area contributed by atoms with E-state index in [1.807, 2.05) is 6.33 Å². The quantitative estimate of drug-likeness (QED) is 0.687. The molecule has 4 rings (SSSR count). The van der Waals surface area contributed by atoms with Gasteiger partial charge < -0.3 is 14.6 Å². The Balaban J connectivity index is 1.37. The maximum atomic E-state index is 12.4. The van der Waals surface area contributed by atoms with Crippen LogP contribution in [0.25, 0.3) is 0 Å². The van der Waals surface area contributed by atoms with Crippen LogP contribution in [0.5, 0.6) is 5.75 Å². The topological polar surface area (TPSA) is 85.2 Å². The van der Waals surface area contributed by atoms with Gasteiger partial charge >= 0.3 is 0 Å². The molecule has 8 nitrogen and oxygen atoms in total. The van der Waals surface area contributed by atoms with E-state index in [1.165, 1.54) is 17.0 Å². The lowest BCUT2D eigenvalue weighted by molar-refractivity contribution is 0.102. The van der Waals surface area contributed by atoms with Gasteiger partial charge in [-0.2, -0.15) is 0 Å². The second-order valence-electron chi connectivity index (χ2n) is 6.57. The van der Waals surface area contributed by atoms with Gasteiger partial charge in [0.05, 0.1) is 25.7 Å². The number of nitrogens with one attached hydrogen (secondary N) is 1. The molecular weight excluding hydrogens is 376 g/mol. The normalized spacial score (nSPS) is 13.9. The summed E-state index contributed by atoms with van der Waals surface area (Å²) in [5.74, 6) is 0.487. The molecule has 1 amide bonds. The van der Waals surface area contributed by atoms with Crippen molar-refractivity contribution in [2.24, 2.45) is 0 Å². The van der Waals surface area contributed by atoms with Gasteiger partial charge in [-0.25, -0.2) is 4.98 Å². The summed E-state index contributed by atoms with van der Waals surface area (Å²) >= 11 is 1.33. The molecule has 0 saturated carbocycles. The zero-order chi connectivity index (χ0) is 19.5. The van der Waals surface area contributed by atoms with Crippen molar-refractivity contribution in [2.45, 2.75) is 33.0 Å². The largest absolute Gasteiger partial charge is 0.497 e. The highest BCUT2D eigenvalue weighted by Gasteiger charge is 2.22. The van der Waals surface area contributed by atoms with Crippen molar-refractivity contribution in [3.63, 3.8) is 0 Å². The van der Waals surface area contributed by atoms with Crippen LogP contribution in [0.2, 0.25) is 0 Å². The number of carbonyl (C=O) groups excluding carboxylic acids is 1. The lowest BCUT2D eigenvalue weighted by Crippen LogP contribution is -2.30. The van der Waals surface area contributed by atoms with E-state index in [0.29, 0.717) is 17.2 Å². The number of ether oxygens (including phenoxy) is 1. The molecule has 3 aromatic rings. The zero-order valence-corrected chi connectivity index (χ0v) is 16.7. The Hall–Kier alpha value is -2.78. The summed E-state index contributed by atoms with van der Waals surface area (Å²) in [6.45, 7) is 5.51. The summed E-state index contributed by atoms with van der Waals surface area (Å²) in [6, 6.07) is 7.18. The zero-order valence-electron chi connectivity index (χ0n) is 15.9. The van der Waals surface area contributed by atoms with E-state index < -0.39 is 0 Å². The van der Waals surface area contributed by atoms with Crippen molar-refractivity contribution in [3.05, 3.63) is 52.0 Å². The van der Waals surface area contributed by atoms with Crippen molar-refractivity contribution in [1.82, 2.24) is 24.6 Å². The van der Waals surface area contributed by atoms with Gasteiger partial charge in [0.25, 0.3) is 5.91 Å². The summed E-state index contributed by atoms with van der Waals surface area (Å²) in [5.41, 5.74) is 3.16. The first-order valence-corrected chi connectivity index (χ1v) is 10.0. The number of hydrogen-bond acceptors (Lipinski definition) is 7. The maximum Gasteiger partial charge on any atom is 0.286 e. The van der Waals surface area contributed by atoms with Crippen LogP contribution in [0.15, 0.2) is 30.6 Å². The molecule has 0 unspecified atom stereocenters. The van der Waals surface area contributed by atoms with Gasteiger partial charge in [0, 0.05) is 37.4 Å². The van der Waals surface area contributed by atoms with Crippen LogP contribution in [-0.2, 0) is 26.1 Å². The number of hydrogen-bond donors (Lipinski definition) is 1. The molecule has 9 heteroatoms. The molecule has 0 saturated heterocycles. The Morgan fingerprint density at radius 1 is 1.29 bits per heavy atom. The molecule has 0 spiro atoms. The molecule has 1 aliphatic heterocycles. The molecular formula is C19H22N6O2S. The highest BCUT2D eigenvalue weighted by molar-refractivity contribution is 7.13. The number of methoxy groups -OCH3 is 1. The third kappa shape index (κ3) is 3.90. The van der Waals surface area contributed by atoms with Crippen LogP contribution in [0.4, 0.5) is 5.69 Å². The summed E-state index contributed by atoms with van der Waals surface area (Å²) in [4.78, 5) is 19.2. The minimum atomic E-state index is -0.253. The highest BCUT2D eigenvalue weighted by atomic mass is 32.1. The van der Waals surface area contributed by atoms with Gasteiger partial charge in [0.2, 0.25) is 5.01 Å². The molecule has 0 bridgehead atoms. The Bertz CT molecular complexity index is 965. The van der Waals surface area contributed by atoms with Crippen LogP contribution in [-0.4, -0.2) is 44.2 Å². The van der Waals surface area contributed by atoms with E-state index in [2.05, 4.69) is 36.9 Å². The standard InChI is InChI=1S/C19H22N6O2S/c1-3-25-12-20-15-10-24(9-8-16(15)25)11-17-22-23-19(28-17)18(26)21-13-4-6-14(27-2)7-5-13/h4-7,12H,3,8-11H2,1-2H3,(H,21,26). The summed E-state index contributed by atoms with van der Waals surface area (Å²) < 4.78 is 7.33. The number of benzene rings is 1. The first kappa shape index (κ1) is 18.6. The molecule has 1 aromatic carbocycles.